The van der Waals surface area contributed by atoms with Gasteiger partial charge in [-0.2, -0.15) is 0 Å². The van der Waals surface area contributed by atoms with Gasteiger partial charge in [0.25, 0.3) is 0 Å². The molecule has 0 bridgehead atoms. The number of hydrogen-bond donors (Lipinski definition) is 2. The van der Waals surface area contributed by atoms with Crippen molar-refractivity contribution in [2.75, 3.05) is 18.5 Å². The molecule has 1 fully saturated rings. The molecule has 16 heavy (non-hydrogen) atoms. The Balaban J connectivity index is 2.06. The Bertz CT molecular complexity index is 411. The summed E-state index contributed by atoms with van der Waals surface area (Å²) in [6.45, 7) is 0.641. The van der Waals surface area contributed by atoms with E-state index in [4.69, 9.17) is 5.11 Å². The van der Waals surface area contributed by atoms with E-state index >= 15 is 0 Å². The molecule has 0 aromatic carbocycles. The van der Waals surface area contributed by atoms with Gasteiger partial charge >= 0.3 is 5.69 Å². The van der Waals surface area contributed by atoms with Crippen molar-refractivity contribution in [1.82, 2.24) is 9.78 Å². The number of aliphatic hydroxyl groups excluding tert-OH is 1. The molecular formula is C9H14N4O3. The van der Waals surface area contributed by atoms with Crippen LogP contribution in [0, 0.1) is 15.5 Å². The number of aromatic nitrogens is 2. The zero-order valence-corrected chi connectivity index (χ0v) is 9.01. The summed E-state index contributed by atoms with van der Waals surface area (Å²) in [6, 6.07) is 0. The van der Waals surface area contributed by atoms with Gasteiger partial charge in [-0.15, -0.1) is 5.10 Å². The topological polar surface area (TPSA) is 93.2 Å². The highest BCUT2D eigenvalue weighted by Gasteiger charge is 2.42. The normalized spacial score (nSPS) is 17.1. The molecule has 7 heteroatoms. The molecule has 1 saturated carbocycles. The van der Waals surface area contributed by atoms with Crippen molar-refractivity contribution in [3.63, 3.8) is 0 Å². The number of aryl methyl sites for hydroxylation is 1. The lowest BCUT2D eigenvalue weighted by Crippen LogP contribution is -2.19. The standard InChI is InChI=1S/C9H14N4O3/c1-12-4-7(13(15)16)8(11-12)10-5-9(6-14)2-3-9/h4,14H,2-3,5-6H2,1H3,(H,10,11). The summed E-state index contributed by atoms with van der Waals surface area (Å²) in [5, 5.41) is 26.7. The minimum Gasteiger partial charge on any atom is -0.396 e. The van der Waals surface area contributed by atoms with E-state index in [0.29, 0.717) is 6.54 Å². The van der Waals surface area contributed by atoms with Crippen LogP contribution < -0.4 is 5.32 Å². The van der Waals surface area contributed by atoms with Crippen molar-refractivity contribution < 1.29 is 10.0 Å². The summed E-state index contributed by atoms with van der Waals surface area (Å²) >= 11 is 0. The average molecular weight is 226 g/mol. The molecule has 0 atom stereocenters. The maximum absolute atomic E-state index is 10.7. The number of anilines is 1. The molecule has 1 aromatic heterocycles. The maximum Gasteiger partial charge on any atom is 0.330 e. The summed E-state index contributed by atoms with van der Waals surface area (Å²) in [4.78, 5) is 10.2. The molecule has 2 rings (SSSR count). The molecule has 1 aromatic rings. The number of hydrogen-bond acceptors (Lipinski definition) is 5. The van der Waals surface area contributed by atoms with Gasteiger partial charge in [-0.25, -0.2) is 0 Å². The summed E-state index contributed by atoms with van der Waals surface area (Å²) < 4.78 is 1.40. The van der Waals surface area contributed by atoms with Crippen LogP contribution in [0.2, 0.25) is 0 Å². The van der Waals surface area contributed by atoms with E-state index in [-0.39, 0.29) is 23.5 Å². The van der Waals surface area contributed by atoms with E-state index in [9.17, 15) is 10.1 Å². The van der Waals surface area contributed by atoms with E-state index in [1.165, 1.54) is 10.9 Å². The van der Waals surface area contributed by atoms with Crippen LogP contribution >= 0.6 is 0 Å². The van der Waals surface area contributed by atoms with E-state index in [2.05, 4.69) is 10.4 Å². The predicted octanol–water partition coefficient (Wildman–Crippen LogP) is 0.513. The molecule has 7 nitrogen and oxygen atoms in total. The Morgan fingerprint density at radius 1 is 1.75 bits per heavy atom. The van der Waals surface area contributed by atoms with Crippen LogP contribution in [-0.4, -0.2) is 33.0 Å². The first-order valence-corrected chi connectivity index (χ1v) is 5.09. The Kier molecular flexibility index (Phi) is 2.55. The molecule has 1 heterocycles. The molecule has 0 radical (unpaired) electrons. The fourth-order valence-electron chi connectivity index (χ4n) is 1.57. The molecular weight excluding hydrogens is 212 g/mol. The van der Waals surface area contributed by atoms with Crippen LogP contribution in [-0.2, 0) is 7.05 Å². The second-order valence-electron chi connectivity index (χ2n) is 4.31. The summed E-state index contributed by atoms with van der Waals surface area (Å²) in [6.07, 6.45) is 3.27. The Morgan fingerprint density at radius 2 is 2.44 bits per heavy atom. The number of nitro groups is 1. The second-order valence-corrected chi connectivity index (χ2v) is 4.31. The molecule has 0 saturated heterocycles. The fraction of sp³-hybridized carbons (Fsp3) is 0.667. The van der Waals surface area contributed by atoms with Crippen molar-refractivity contribution in [3.8, 4) is 0 Å². The van der Waals surface area contributed by atoms with Crippen LogP contribution in [0.5, 0.6) is 0 Å². The van der Waals surface area contributed by atoms with Crippen LogP contribution in [0.4, 0.5) is 11.5 Å². The Morgan fingerprint density at radius 3 is 2.94 bits per heavy atom. The minimum atomic E-state index is -0.464. The van der Waals surface area contributed by atoms with Crippen molar-refractivity contribution in [2.24, 2.45) is 12.5 Å². The van der Waals surface area contributed by atoms with Crippen molar-refractivity contribution in [1.29, 1.82) is 0 Å². The SMILES string of the molecule is Cn1cc([N+](=O)[O-])c(NCC2(CO)CC2)n1. The van der Waals surface area contributed by atoms with Crippen molar-refractivity contribution in [2.45, 2.75) is 12.8 Å². The van der Waals surface area contributed by atoms with Crippen molar-refractivity contribution >= 4 is 11.5 Å². The van der Waals surface area contributed by atoms with Gasteiger partial charge in [0.15, 0.2) is 0 Å². The summed E-state index contributed by atoms with van der Waals surface area (Å²) in [5.41, 5.74) is -0.123. The van der Waals surface area contributed by atoms with Crippen LogP contribution in [0.3, 0.4) is 0 Å². The van der Waals surface area contributed by atoms with Crippen LogP contribution in [0.15, 0.2) is 6.20 Å². The number of aliphatic hydroxyl groups is 1. The van der Waals surface area contributed by atoms with Crippen LogP contribution in [0.25, 0.3) is 0 Å². The Hall–Kier alpha value is -1.63. The monoisotopic (exact) mass is 226 g/mol. The third kappa shape index (κ3) is 1.99. The molecule has 88 valence electrons. The van der Waals surface area contributed by atoms with Gasteiger partial charge in [-0.3, -0.25) is 14.8 Å². The molecule has 0 aliphatic heterocycles. The Labute approximate surface area is 92.2 Å². The highest BCUT2D eigenvalue weighted by atomic mass is 16.6. The molecule has 2 N–H and O–H groups in total. The fourth-order valence-corrected chi connectivity index (χ4v) is 1.57. The zero-order valence-electron chi connectivity index (χ0n) is 9.01. The van der Waals surface area contributed by atoms with Gasteiger partial charge in [0.1, 0.15) is 6.20 Å². The predicted molar refractivity (Wildman–Crippen MR) is 57.1 cm³/mol. The first kappa shape index (κ1) is 10.9. The largest absolute Gasteiger partial charge is 0.396 e. The lowest BCUT2D eigenvalue weighted by Gasteiger charge is -2.11. The number of rotatable bonds is 5. The molecule has 0 spiro atoms. The first-order valence-electron chi connectivity index (χ1n) is 5.09. The van der Waals surface area contributed by atoms with E-state index in [1.807, 2.05) is 0 Å². The van der Waals surface area contributed by atoms with E-state index in [0.717, 1.165) is 12.8 Å². The summed E-state index contributed by atoms with van der Waals surface area (Å²) in [7, 11) is 1.64. The molecule has 1 aliphatic carbocycles. The first-order chi connectivity index (χ1) is 7.56. The van der Waals surface area contributed by atoms with Gasteiger partial charge in [0.2, 0.25) is 5.82 Å². The van der Waals surface area contributed by atoms with Gasteiger partial charge in [0.05, 0.1) is 11.5 Å². The third-order valence-electron chi connectivity index (χ3n) is 2.93. The van der Waals surface area contributed by atoms with Crippen molar-refractivity contribution in [3.05, 3.63) is 16.3 Å². The van der Waals surface area contributed by atoms with Gasteiger partial charge in [0, 0.05) is 19.0 Å². The highest BCUT2D eigenvalue weighted by molar-refractivity contribution is 5.54. The lowest BCUT2D eigenvalue weighted by molar-refractivity contribution is -0.384. The van der Waals surface area contributed by atoms with Crippen LogP contribution in [0.1, 0.15) is 12.8 Å². The second kappa shape index (κ2) is 3.75. The average Bonchev–Trinajstić information content (AvgIpc) is 2.93. The third-order valence-corrected chi connectivity index (χ3v) is 2.93. The van der Waals surface area contributed by atoms with E-state index in [1.54, 1.807) is 7.05 Å². The minimum absolute atomic E-state index is 0.0313. The number of nitrogens with one attached hydrogen (secondary N) is 1. The number of nitrogens with zero attached hydrogens (tertiary/aromatic N) is 3. The highest BCUT2D eigenvalue weighted by Crippen LogP contribution is 2.45. The van der Waals surface area contributed by atoms with E-state index < -0.39 is 4.92 Å². The van der Waals surface area contributed by atoms with Gasteiger partial charge < -0.3 is 10.4 Å². The zero-order chi connectivity index (χ0) is 11.8. The smallest absolute Gasteiger partial charge is 0.330 e. The quantitative estimate of drug-likeness (QED) is 0.563. The lowest BCUT2D eigenvalue weighted by atomic mass is 10.1. The molecule has 1 aliphatic rings. The summed E-state index contributed by atoms with van der Waals surface area (Å²) in [5.74, 6) is 0.271. The molecule has 0 unspecified atom stereocenters. The molecule has 0 amide bonds. The van der Waals surface area contributed by atoms with Gasteiger partial charge in [-0.1, -0.05) is 0 Å². The maximum atomic E-state index is 10.7. The van der Waals surface area contributed by atoms with Gasteiger partial charge in [-0.05, 0) is 12.8 Å².